The van der Waals surface area contributed by atoms with Gasteiger partial charge in [0.15, 0.2) is 5.58 Å². The van der Waals surface area contributed by atoms with Crippen LogP contribution in [0.2, 0.25) is 0 Å². The number of rotatable bonds is 5. The quantitative estimate of drug-likeness (QED) is 0.630. The summed E-state index contributed by atoms with van der Waals surface area (Å²) in [5.41, 5.74) is 2.43. The minimum Gasteiger partial charge on any atom is -0.462 e. The Hall–Kier alpha value is -2.87. The smallest absolute Gasteiger partial charge is 0.348 e. The SMILES string of the molecule is CCOC(=O)c1sc(NC(=O)C2CCN(c3nc4ccccc4o3)CC2)cc1C. The highest BCUT2D eigenvalue weighted by molar-refractivity contribution is 7.18. The molecule has 3 heterocycles. The van der Waals surface area contributed by atoms with Crippen molar-refractivity contribution in [3.05, 3.63) is 40.8 Å². The summed E-state index contributed by atoms with van der Waals surface area (Å²) in [5, 5.41) is 3.64. The number of hydrogen-bond donors (Lipinski definition) is 1. The number of thiophene rings is 1. The summed E-state index contributed by atoms with van der Waals surface area (Å²) in [6.45, 7) is 5.37. The maximum Gasteiger partial charge on any atom is 0.348 e. The molecule has 29 heavy (non-hydrogen) atoms. The predicted molar refractivity (Wildman–Crippen MR) is 113 cm³/mol. The number of para-hydroxylation sites is 2. The first kappa shape index (κ1) is 19.4. The highest BCUT2D eigenvalue weighted by Gasteiger charge is 2.28. The fourth-order valence-electron chi connectivity index (χ4n) is 3.49. The van der Waals surface area contributed by atoms with Crippen LogP contribution in [0.15, 0.2) is 34.7 Å². The molecule has 152 valence electrons. The molecule has 1 fully saturated rings. The first-order chi connectivity index (χ1) is 14.0. The van der Waals surface area contributed by atoms with E-state index in [-0.39, 0.29) is 17.8 Å². The van der Waals surface area contributed by atoms with Gasteiger partial charge in [0.05, 0.1) is 11.6 Å². The van der Waals surface area contributed by atoms with E-state index in [0.717, 1.165) is 29.5 Å². The van der Waals surface area contributed by atoms with E-state index in [9.17, 15) is 9.59 Å². The Morgan fingerprint density at radius 2 is 2.07 bits per heavy atom. The van der Waals surface area contributed by atoms with Crippen LogP contribution in [-0.2, 0) is 9.53 Å². The number of oxazole rings is 1. The summed E-state index contributed by atoms with van der Waals surface area (Å²) in [4.78, 5) is 31.8. The van der Waals surface area contributed by atoms with E-state index in [1.165, 1.54) is 11.3 Å². The Morgan fingerprint density at radius 3 is 2.79 bits per heavy atom. The van der Waals surface area contributed by atoms with Gasteiger partial charge >= 0.3 is 5.97 Å². The second-order valence-electron chi connectivity index (χ2n) is 7.06. The van der Waals surface area contributed by atoms with Gasteiger partial charge in [-0.2, -0.15) is 4.98 Å². The van der Waals surface area contributed by atoms with Gasteiger partial charge in [-0.3, -0.25) is 4.79 Å². The average Bonchev–Trinajstić information content (AvgIpc) is 3.31. The zero-order chi connectivity index (χ0) is 20.4. The number of amides is 1. The number of hydrogen-bond acceptors (Lipinski definition) is 7. The lowest BCUT2D eigenvalue weighted by Gasteiger charge is -2.29. The number of anilines is 2. The lowest BCUT2D eigenvalue weighted by Crippen LogP contribution is -2.38. The molecule has 1 aliphatic rings. The van der Waals surface area contributed by atoms with Crippen LogP contribution in [0.5, 0.6) is 0 Å². The van der Waals surface area contributed by atoms with Crippen LogP contribution in [0.1, 0.15) is 35.0 Å². The number of esters is 1. The van der Waals surface area contributed by atoms with E-state index in [2.05, 4.69) is 15.2 Å². The van der Waals surface area contributed by atoms with Crippen molar-refractivity contribution >= 4 is 45.3 Å². The summed E-state index contributed by atoms with van der Waals surface area (Å²) in [5.74, 6) is -0.440. The third-order valence-corrected chi connectivity index (χ3v) is 6.18. The number of nitrogens with zero attached hydrogens (tertiary/aromatic N) is 2. The third-order valence-electron chi connectivity index (χ3n) is 5.04. The molecular weight excluding hydrogens is 390 g/mol. The van der Waals surface area contributed by atoms with Gasteiger partial charge in [0.2, 0.25) is 5.91 Å². The van der Waals surface area contributed by atoms with Gasteiger partial charge in [0, 0.05) is 19.0 Å². The monoisotopic (exact) mass is 413 g/mol. The first-order valence-electron chi connectivity index (χ1n) is 9.74. The average molecular weight is 413 g/mol. The van der Waals surface area contributed by atoms with E-state index in [1.54, 1.807) is 6.92 Å². The summed E-state index contributed by atoms with van der Waals surface area (Å²) < 4.78 is 10.9. The van der Waals surface area contributed by atoms with Crippen molar-refractivity contribution in [3.63, 3.8) is 0 Å². The molecule has 0 spiro atoms. The zero-order valence-electron chi connectivity index (χ0n) is 16.4. The topological polar surface area (TPSA) is 84.7 Å². The van der Waals surface area contributed by atoms with Crippen LogP contribution in [-0.4, -0.2) is 36.6 Å². The lowest BCUT2D eigenvalue weighted by atomic mass is 9.96. The van der Waals surface area contributed by atoms with Crippen molar-refractivity contribution in [2.24, 2.45) is 5.92 Å². The van der Waals surface area contributed by atoms with Crippen LogP contribution in [0.4, 0.5) is 11.0 Å². The van der Waals surface area contributed by atoms with E-state index < -0.39 is 0 Å². The highest BCUT2D eigenvalue weighted by Crippen LogP contribution is 2.30. The molecule has 1 N–H and O–H groups in total. The van der Waals surface area contributed by atoms with Gasteiger partial charge in [-0.25, -0.2) is 4.79 Å². The molecule has 1 aromatic carbocycles. The summed E-state index contributed by atoms with van der Waals surface area (Å²) in [6.07, 6.45) is 1.44. The van der Waals surface area contributed by atoms with E-state index in [4.69, 9.17) is 9.15 Å². The van der Waals surface area contributed by atoms with E-state index in [0.29, 0.717) is 35.6 Å². The van der Waals surface area contributed by atoms with Crippen molar-refractivity contribution in [1.29, 1.82) is 0 Å². The normalized spacial score (nSPS) is 14.9. The van der Waals surface area contributed by atoms with Gasteiger partial charge in [0.25, 0.3) is 6.01 Å². The summed E-state index contributed by atoms with van der Waals surface area (Å²) in [6, 6.07) is 10.1. The molecule has 7 nitrogen and oxygen atoms in total. The number of carbonyl (C=O) groups excluding carboxylic acids is 2. The second kappa shape index (κ2) is 8.24. The van der Waals surface area contributed by atoms with Crippen molar-refractivity contribution in [2.75, 3.05) is 29.9 Å². The molecular formula is C21H23N3O4S. The standard InChI is InChI=1S/C21H23N3O4S/c1-3-27-20(26)18-13(2)12-17(29-18)23-19(25)14-8-10-24(11-9-14)21-22-15-6-4-5-7-16(15)28-21/h4-7,12,14H,3,8-11H2,1-2H3,(H,23,25). The highest BCUT2D eigenvalue weighted by atomic mass is 32.1. The van der Waals surface area contributed by atoms with Crippen molar-refractivity contribution in [3.8, 4) is 0 Å². The molecule has 0 unspecified atom stereocenters. The molecule has 1 saturated heterocycles. The summed E-state index contributed by atoms with van der Waals surface area (Å²) >= 11 is 1.26. The van der Waals surface area contributed by atoms with Crippen LogP contribution in [0.3, 0.4) is 0 Å². The van der Waals surface area contributed by atoms with Gasteiger partial charge in [0.1, 0.15) is 10.4 Å². The van der Waals surface area contributed by atoms with Crippen molar-refractivity contribution in [2.45, 2.75) is 26.7 Å². The predicted octanol–water partition coefficient (Wildman–Crippen LogP) is 4.23. The first-order valence-corrected chi connectivity index (χ1v) is 10.6. The third kappa shape index (κ3) is 4.12. The van der Waals surface area contributed by atoms with Crippen LogP contribution >= 0.6 is 11.3 Å². The number of fused-ring (bicyclic) bond motifs is 1. The van der Waals surface area contributed by atoms with Crippen LogP contribution in [0, 0.1) is 12.8 Å². The minimum atomic E-state index is -0.345. The molecule has 0 saturated carbocycles. The number of ether oxygens (including phenoxy) is 1. The van der Waals surface area contributed by atoms with Crippen LogP contribution < -0.4 is 10.2 Å². The number of nitrogens with one attached hydrogen (secondary N) is 1. The van der Waals surface area contributed by atoms with E-state index in [1.807, 2.05) is 37.3 Å². The Kier molecular flexibility index (Phi) is 5.53. The number of piperidine rings is 1. The Morgan fingerprint density at radius 1 is 1.31 bits per heavy atom. The maximum atomic E-state index is 12.7. The van der Waals surface area contributed by atoms with Crippen molar-refractivity contribution in [1.82, 2.24) is 4.98 Å². The number of carbonyl (C=O) groups is 2. The zero-order valence-corrected chi connectivity index (χ0v) is 17.3. The molecule has 1 aliphatic heterocycles. The fraction of sp³-hybridized carbons (Fsp3) is 0.381. The second-order valence-corrected chi connectivity index (χ2v) is 8.11. The number of aryl methyl sites for hydroxylation is 1. The molecule has 8 heteroatoms. The molecule has 0 aliphatic carbocycles. The maximum absolute atomic E-state index is 12.7. The molecule has 0 atom stereocenters. The molecule has 3 aromatic rings. The minimum absolute atomic E-state index is 0.0149. The lowest BCUT2D eigenvalue weighted by molar-refractivity contribution is -0.120. The van der Waals surface area contributed by atoms with Crippen LogP contribution in [0.25, 0.3) is 11.1 Å². The van der Waals surface area contributed by atoms with Gasteiger partial charge < -0.3 is 19.4 Å². The Balaban J connectivity index is 1.35. The van der Waals surface area contributed by atoms with Gasteiger partial charge in [-0.1, -0.05) is 12.1 Å². The number of benzene rings is 1. The van der Waals surface area contributed by atoms with Crippen molar-refractivity contribution < 1.29 is 18.7 Å². The Labute approximate surface area is 172 Å². The van der Waals surface area contributed by atoms with Gasteiger partial charge in [-0.05, 0) is 50.5 Å². The summed E-state index contributed by atoms with van der Waals surface area (Å²) in [7, 11) is 0. The fourth-order valence-corrected chi connectivity index (χ4v) is 4.46. The molecule has 0 bridgehead atoms. The molecule has 2 aromatic heterocycles. The molecule has 4 rings (SSSR count). The van der Waals surface area contributed by atoms with Gasteiger partial charge in [-0.15, -0.1) is 11.3 Å². The largest absolute Gasteiger partial charge is 0.462 e. The molecule has 1 amide bonds. The molecule has 0 radical (unpaired) electrons. The Bertz CT molecular complexity index is 1000. The van der Waals surface area contributed by atoms with E-state index >= 15 is 0 Å². The number of aromatic nitrogens is 1.